The highest BCUT2D eigenvalue weighted by atomic mass is 35.5. The van der Waals surface area contributed by atoms with E-state index in [1.165, 1.54) is 10.8 Å². The molecule has 0 aromatic heterocycles. The fourth-order valence-corrected chi connectivity index (χ4v) is 2.36. The van der Waals surface area contributed by atoms with Gasteiger partial charge in [0, 0.05) is 16.3 Å². The zero-order chi connectivity index (χ0) is 11.2. The summed E-state index contributed by atoms with van der Waals surface area (Å²) in [4.78, 5) is 8.10. The Bertz CT molecular complexity index is 798. The van der Waals surface area contributed by atoms with Crippen LogP contribution in [0.15, 0.2) is 54.6 Å². The first kappa shape index (κ1) is 11.1. The van der Waals surface area contributed by atoms with Gasteiger partial charge >= 0.3 is 0 Å². The average molecular weight is 255 g/mol. The Morgan fingerprint density at radius 3 is 2.61 bits per heavy atom. The minimum Gasteiger partial charge on any atom is -0.353 e. The number of rotatable bonds is 0. The lowest BCUT2D eigenvalue weighted by Gasteiger charge is -2.03. The normalized spacial score (nSPS) is 10.9. The lowest BCUT2D eigenvalue weighted by atomic mass is 10.1. The van der Waals surface area contributed by atoms with Crippen LogP contribution in [0.1, 0.15) is 0 Å². The summed E-state index contributed by atoms with van der Waals surface area (Å²) in [5, 5.41) is 2.39. The predicted octanol–water partition coefficient (Wildman–Crippen LogP) is 4.24. The van der Waals surface area contributed by atoms with Crippen LogP contribution in [0.2, 0.25) is 0 Å². The molecule has 0 radical (unpaired) electrons. The average Bonchev–Trinajstić information content (AvgIpc) is 2.73. The first-order valence-corrected chi connectivity index (χ1v) is 5.68. The molecule has 0 fully saturated rings. The number of aromatic amines is 1. The Labute approximate surface area is 110 Å². The van der Waals surface area contributed by atoms with Crippen LogP contribution in [-0.4, -0.2) is 9.97 Å². The summed E-state index contributed by atoms with van der Waals surface area (Å²) in [5.74, 6) is 0. The van der Waals surface area contributed by atoms with Gasteiger partial charge in [0.15, 0.2) is 0 Å². The molecule has 18 heavy (non-hydrogen) atoms. The zero-order valence-electron chi connectivity index (χ0n) is 9.55. The van der Waals surface area contributed by atoms with E-state index in [0.717, 1.165) is 22.4 Å². The first-order chi connectivity index (χ1) is 8.42. The van der Waals surface area contributed by atoms with Crippen LogP contribution < -0.4 is 0 Å². The van der Waals surface area contributed by atoms with E-state index < -0.39 is 0 Å². The second-order valence-corrected chi connectivity index (χ2v) is 4.25. The monoisotopic (exact) mass is 254 g/mol. The molecule has 2 aromatic carbocycles. The molecule has 3 heteroatoms. The zero-order valence-corrected chi connectivity index (χ0v) is 10.4. The van der Waals surface area contributed by atoms with Gasteiger partial charge in [-0.2, -0.15) is 0 Å². The maximum atomic E-state index is 4.63. The van der Waals surface area contributed by atoms with Gasteiger partial charge in [-0.1, -0.05) is 36.4 Å². The number of hydrogen-bond donors (Lipinski definition) is 1. The van der Waals surface area contributed by atoms with E-state index in [0.29, 0.717) is 0 Å². The number of para-hydroxylation sites is 2. The van der Waals surface area contributed by atoms with Gasteiger partial charge in [0.25, 0.3) is 0 Å². The van der Waals surface area contributed by atoms with Crippen LogP contribution in [0.3, 0.4) is 0 Å². The summed E-state index contributed by atoms with van der Waals surface area (Å²) in [5.41, 5.74) is 4.36. The van der Waals surface area contributed by atoms with Crippen LogP contribution >= 0.6 is 12.4 Å². The van der Waals surface area contributed by atoms with Gasteiger partial charge in [-0.15, -0.1) is 12.4 Å². The molecule has 2 aromatic rings. The third kappa shape index (κ3) is 1.46. The number of hydrogen-bond acceptors (Lipinski definition) is 1. The molecule has 0 bridgehead atoms. The van der Waals surface area contributed by atoms with Crippen LogP contribution in [-0.2, 0) is 0 Å². The Morgan fingerprint density at radius 1 is 0.889 bits per heavy atom. The third-order valence-corrected chi connectivity index (χ3v) is 3.18. The van der Waals surface area contributed by atoms with E-state index in [2.05, 4.69) is 34.2 Å². The molecule has 0 atom stereocenters. The molecule has 0 amide bonds. The predicted molar refractivity (Wildman–Crippen MR) is 77.5 cm³/mol. The molecule has 2 nitrogen and oxygen atoms in total. The molecule has 2 aliphatic rings. The van der Waals surface area contributed by atoms with Crippen molar-refractivity contribution in [1.82, 2.24) is 9.97 Å². The molecular formula is C15H11ClN2. The smallest absolute Gasteiger partial charge is 0.0885 e. The first-order valence-electron chi connectivity index (χ1n) is 5.68. The van der Waals surface area contributed by atoms with Crippen molar-refractivity contribution >= 4 is 34.2 Å². The Balaban J connectivity index is 0.000001000. The number of nitrogens with one attached hydrogen (secondary N) is 1. The lowest BCUT2D eigenvalue weighted by Crippen LogP contribution is -1.84. The largest absolute Gasteiger partial charge is 0.353 e. The fourth-order valence-electron chi connectivity index (χ4n) is 2.36. The number of aromatic nitrogens is 2. The second kappa shape index (κ2) is 4.00. The SMILES string of the molecule is Cl.c1ccc2[nH]c3c4ccccc4nc-3cc2c1. The fraction of sp³-hybridized carbons (Fsp3) is 0. The van der Waals surface area contributed by atoms with Gasteiger partial charge in [0.05, 0.1) is 16.9 Å². The van der Waals surface area contributed by atoms with Gasteiger partial charge < -0.3 is 4.98 Å². The van der Waals surface area contributed by atoms with Gasteiger partial charge in [-0.05, 0) is 18.2 Å². The van der Waals surface area contributed by atoms with E-state index in [9.17, 15) is 0 Å². The minimum atomic E-state index is 0. The van der Waals surface area contributed by atoms with Crippen molar-refractivity contribution in [1.29, 1.82) is 0 Å². The molecule has 2 aliphatic heterocycles. The van der Waals surface area contributed by atoms with Crippen molar-refractivity contribution in [3.05, 3.63) is 54.6 Å². The molecule has 2 heterocycles. The van der Waals surface area contributed by atoms with Gasteiger partial charge in [-0.25, -0.2) is 4.98 Å². The number of nitrogens with zero attached hydrogens (tertiary/aromatic N) is 1. The van der Waals surface area contributed by atoms with Crippen molar-refractivity contribution in [2.75, 3.05) is 0 Å². The van der Waals surface area contributed by atoms with Crippen LogP contribution in [0, 0.1) is 0 Å². The number of fused-ring (bicyclic) bond motifs is 4. The standard InChI is InChI=1S/C15H10N2.ClH/c1-3-7-12-10(5-1)9-14-15(17-12)11-6-2-4-8-13(11)16-14;/h1-9,17H;1H. The minimum absolute atomic E-state index is 0. The molecular weight excluding hydrogens is 244 g/mol. The van der Waals surface area contributed by atoms with Crippen LogP contribution in [0.25, 0.3) is 33.2 Å². The van der Waals surface area contributed by atoms with Gasteiger partial charge in [0.1, 0.15) is 0 Å². The summed E-state index contributed by atoms with van der Waals surface area (Å²) in [6.07, 6.45) is 0. The summed E-state index contributed by atoms with van der Waals surface area (Å²) in [6, 6.07) is 18.7. The molecule has 1 N–H and O–H groups in total. The number of pyridine rings is 1. The van der Waals surface area contributed by atoms with Crippen molar-refractivity contribution in [2.24, 2.45) is 0 Å². The lowest BCUT2D eigenvalue weighted by molar-refractivity contribution is 1.37. The van der Waals surface area contributed by atoms with E-state index in [1.54, 1.807) is 0 Å². The molecule has 0 aliphatic carbocycles. The summed E-state index contributed by atoms with van der Waals surface area (Å²) >= 11 is 0. The van der Waals surface area contributed by atoms with Crippen LogP contribution in [0.5, 0.6) is 0 Å². The summed E-state index contributed by atoms with van der Waals surface area (Å²) in [7, 11) is 0. The molecule has 0 saturated heterocycles. The number of H-pyrrole nitrogens is 1. The van der Waals surface area contributed by atoms with Gasteiger partial charge in [-0.3, -0.25) is 0 Å². The van der Waals surface area contributed by atoms with Crippen LogP contribution in [0.4, 0.5) is 0 Å². The van der Waals surface area contributed by atoms with E-state index >= 15 is 0 Å². The highest BCUT2D eigenvalue weighted by Crippen LogP contribution is 2.31. The van der Waals surface area contributed by atoms with E-state index in [1.807, 2.05) is 30.3 Å². The molecule has 0 spiro atoms. The summed E-state index contributed by atoms with van der Waals surface area (Å²) in [6.45, 7) is 0. The Kier molecular flexibility index (Phi) is 2.46. The van der Waals surface area contributed by atoms with Crippen molar-refractivity contribution < 1.29 is 0 Å². The number of benzene rings is 2. The van der Waals surface area contributed by atoms with Crippen molar-refractivity contribution in [3.8, 4) is 11.4 Å². The highest BCUT2D eigenvalue weighted by Gasteiger charge is 2.12. The van der Waals surface area contributed by atoms with Crippen molar-refractivity contribution in [3.63, 3.8) is 0 Å². The maximum absolute atomic E-state index is 4.63. The third-order valence-electron chi connectivity index (χ3n) is 3.18. The maximum Gasteiger partial charge on any atom is 0.0885 e. The Morgan fingerprint density at radius 2 is 1.67 bits per heavy atom. The molecule has 88 valence electrons. The highest BCUT2D eigenvalue weighted by molar-refractivity contribution is 5.99. The Hall–Kier alpha value is -2.06. The molecule has 0 saturated carbocycles. The second-order valence-electron chi connectivity index (χ2n) is 4.25. The topological polar surface area (TPSA) is 28.7 Å². The number of halogens is 1. The van der Waals surface area contributed by atoms with E-state index in [-0.39, 0.29) is 12.4 Å². The van der Waals surface area contributed by atoms with Crippen molar-refractivity contribution in [2.45, 2.75) is 0 Å². The molecule has 0 unspecified atom stereocenters. The quantitative estimate of drug-likeness (QED) is 0.499. The molecule has 4 rings (SSSR count). The van der Waals surface area contributed by atoms with E-state index in [4.69, 9.17) is 0 Å². The van der Waals surface area contributed by atoms with Gasteiger partial charge in [0.2, 0.25) is 0 Å². The summed E-state index contributed by atoms with van der Waals surface area (Å²) < 4.78 is 0.